The quantitative estimate of drug-likeness (QED) is 0.251. The van der Waals surface area contributed by atoms with Gasteiger partial charge in [0, 0.05) is 18.5 Å². The number of aromatic nitrogens is 1. The molecule has 5 N–H and O–H groups in total. The summed E-state index contributed by atoms with van der Waals surface area (Å²) in [5, 5.41) is 19.9. The van der Waals surface area contributed by atoms with Crippen LogP contribution in [0.3, 0.4) is 0 Å². The number of rotatable bonds is 8. The van der Waals surface area contributed by atoms with Gasteiger partial charge < -0.3 is 21.6 Å². The van der Waals surface area contributed by atoms with Gasteiger partial charge in [0.05, 0.1) is 0 Å². The highest BCUT2D eigenvalue weighted by molar-refractivity contribution is 7.13. The molecule has 1 amide bonds. The summed E-state index contributed by atoms with van der Waals surface area (Å²) in [7, 11) is 0. The van der Waals surface area contributed by atoms with Crippen molar-refractivity contribution in [1.82, 2.24) is 15.6 Å². The van der Waals surface area contributed by atoms with Crippen LogP contribution >= 0.6 is 11.3 Å². The monoisotopic (exact) mass is 333 g/mol. The molecule has 8 heteroatoms. The molecule has 0 spiro atoms. The maximum Gasteiger partial charge on any atom is 0.275 e. The fourth-order valence-electron chi connectivity index (χ4n) is 1.94. The predicted octanol–water partition coefficient (Wildman–Crippen LogP) is 1.20. The molecule has 0 bridgehead atoms. The van der Waals surface area contributed by atoms with Crippen molar-refractivity contribution in [1.29, 1.82) is 0 Å². The standard InChI is InChI=1S/C15H19N5O2S/c16-15-19-12(10-23-15)13(20-22)14(21)18-8-4-7-17-9-11-5-2-1-3-6-11/h1-3,5-6,10,17,22H,4,7-9H2,(H2,16,19)(H,18,21)/b20-13+. The van der Waals surface area contributed by atoms with Crippen molar-refractivity contribution in [3.05, 3.63) is 47.0 Å². The van der Waals surface area contributed by atoms with E-state index in [0.29, 0.717) is 11.7 Å². The summed E-state index contributed by atoms with van der Waals surface area (Å²) in [6, 6.07) is 10.1. The average Bonchev–Trinajstić information content (AvgIpc) is 2.98. The zero-order valence-electron chi connectivity index (χ0n) is 12.5. The zero-order chi connectivity index (χ0) is 16.5. The first kappa shape index (κ1) is 16.9. The minimum Gasteiger partial charge on any atom is -0.410 e. The topological polar surface area (TPSA) is 113 Å². The number of nitrogens with zero attached hydrogens (tertiary/aromatic N) is 2. The van der Waals surface area contributed by atoms with Crippen molar-refractivity contribution in [2.45, 2.75) is 13.0 Å². The summed E-state index contributed by atoms with van der Waals surface area (Å²) in [6.07, 6.45) is 0.760. The molecule has 122 valence electrons. The Morgan fingerprint density at radius 2 is 2.09 bits per heavy atom. The summed E-state index contributed by atoms with van der Waals surface area (Å²) in [5.41, 5.74) is 6.86. The van der Waals surface area contributed by atoms with Gasteiger partial charge in [-0.25, -0.2) is 4.98 Å². The lowest BCUT2D eigenvalue weighted by molar-refractivity contribution is -0.114. The molecule has 1 aromatic carbocycles. The number of oxime groups is 1. The number of nitrogens with one attached hydrogen (secondary N) is 2. The number of nitrogen functional groups attached to an aromatic ring is 1. The van der Waals surface area contributed by atoms with E-state index in [1.807, 2.05) is 18.2 Å². The zero-order valence-corrected chi connectivity index (χ0v) is 13.3. The van der Waals surface area contributed by atoms with Gasteiger partial charge in [-0.05, 0) is 18.5 Å². The van der Waals surface area contributed by atoms with Gasteiger partial charge in [0.25, 0.3) is 5.91 Å². The van der Waals surface area contributed by atoms with Crippen LogP contribution in [0.1, 0.15) is 17.7 Å². The van der Waals surface area contributed by atoms with Crippen LogP contribution in [0.5, 0.6) is 0 Å². The number of hydrogen-bond donors (Lipinski definition) is 4. The number of benzene rings is 1. The van der Waals surface area contributed by atoms with Crippen LogP contribution in [0.4, 0.5) is 5.13 Å². The fraction of sp³-hybridized carbons (Fsp3) is 0.267. The van der Waals surface area contributed by atoms with Gasteiger partial charge in [-0.3, -0.25) is 4.79 Å². The van der Waals surface area contributed by atoms with Gasteiger partial charge >= 0.3 is 0 Å². The summed E-state index contributed by atoms with van der Waals surface area (Å²) < 4.78 is 0. The number of anilines is 1. The minimum absolute atomic E-state index is 0.129. The summed E-state index contributed by atoms with van der Waals surface area (Å²) in [4.78, 5) is 15.9. The molecule has 0 saturated heterocycles. The highest BCUT2D eigenvalue weighted by atomic mass is 32.1. The highest BCUT2D eigenvalue weighted by Crippen LogP contribution is 2.11. The van der Waals surface area contributed by atoms with Crippen molar-refractivity contribution in [3.8, 4) is 0 Å². The third-order valence-electron chi connectivity index (χ3n) is 3.07. The Labute approximate surface area is 138 Å². The average molecular weight is 333 g/mol. The first-order valence-corrected chi connectivity index (χ1v) is 8.05. The van der Waals surface area contributed by atoms with Crippen LogP contribution < -0.4 is 16.4 Å². The summed E-state index contributed by atoms with van der Waals surface area (Å²) in [5.74, 6) is -0.471. The smallest absolute Gasteiger partial charge is 0.275 e. The number of hydrogen-bond acceptors (Lipinski definition) is 7. The van der Waals surface area contributed by atoms with Crippen LogP contribution in [0.15, 0.2) is 40.9 Å². The van der Waals surface area contributed by atoms with Gasteiger partial charge in [-0.2, -0.15) is 0 Å². The number of amides is 1. The lowest BCUT2D eigenvalue weighted by atomic mass is 10.2. The van der Waals surface area contributed by atoms with Crippen LogP contribution in [0.2, 0.25) is 0 Å². The van der Waals surface area contributed by atoms with Crippen molar-refractivity contribution in [2.75, 3.05) is 18.8 Å². The van der Waals surface area contributed by atoms with Gasteiger partial charge in [0.1, 0.15) is 5.69 Å². The Morgan fingerprint density at radius 3 is 2.74 bits per heavy atom. The van der Waals surface area contributed by atoms with Gasteiger partial charge in [-0.1, -0.05) is 35.5 Å². The Kier molecular flexibility index (Phi) is 6.52. The first-order valence-electron chi connectivity index (χ1n) is 7.17. The van der Waals surface area contributed by atoms with E-state index in [9.17, 15) is 4.79 Å². The lowest BCUT2D eigenvalue weighted by Crippen LogP contribution is -2.33. The predicted molar refractivity (Wildman–Crippen MR) is 90.6 cm³/mol. The molecule has 0 atom stereocenters. The minimum atomic E-state index is -0.471. The molecule has 0 radical (unpaired) electrons. The SMILES string of the molecule is Nc1nc(/C(=N\O)C(=O)NCCCNCc2ccccc2)cs1. The Bertz CT molecular complexity index is 657. The van der Waals surface area contributed by atoms with Crippen molar-refractivity contribution >= 4 is 28.1 Å². The van der Waals surface area contributed by atoms with E-state index >= 15 is 0 Å². The van der Waals surface area contributed by atoms with E-state index < -0.39 is 5.91 Å². The van der Waals surface area contributed by atoms with Crippen LogP contribution in [0.25, 0.3) is 0 Å². The molecule has 0 aliphatic carbocycles. The second kappa shape index (κ2) is 8.86. The molecule has 7 nitrogen and oxygen atoms in total. The maximum absolute atomic E-state index is 11.9. The van der Waals surface area contributed by atoms with Gasteiger partial charge in [0.15, 0.2) is 10.8 Å². The molecule has 1 aromatic heterocycles. The second-order valence-electron chi connectivity index (χ2n) is 4.79. The van der Waals surface area contributed by atoms with Crippen LogP contribution in [0, 0.1) is 0 Å². The molecule has 2 rings (SSSR count). The lowest BCUT2D eigenvalue weighted by Gasteiger charge is -2.07. The number of thiazole rings is 1. The Morgan fingerprint density at radius 1 is 1.30 bits per heavy atom. The van der Waals surface area contributed by atoms with E-state index in [1.54, 1.807) is 5.38 Å². The van der Waals surface area contributed by atoms with E-state index in [-0.39, 0.29) is 11.4 Å². The molecule has 2 aromatic rings. The van der Waals surface area contributed by atoms with Gasteiger partial charge in [-0.15, -0.1) is 11.3 Å². The highest BCUT2D eigenvalue weighted by Gasteiger charge is 2.17. The third-order valence-corrected chi connectivity index (χ3v) is 3.74. The van der Waals surface area contributed by atoms with Crippen molar-refractivity contribution in [2.24, 2.45) is 5.16 Å². The number of carbonyl (C=O) groups excluding carboxylic acids is 1. The second-order valence-corrected chi connectivity index (χ2v) is 5.68. The summed E-state index contributed by atoms with van der Waals surface area (Å²) >= 11 is 1.18. The molecule has 0 aliphatic heterocycles. The van der Waals surface area contributed by atoms with Crippen LogP contribution in [-0.4, -0.2) is 34.9 Å². The molecular weight excluding hydrogens is 314 g/mol. The largest absolute Gasteiger partial charge is 0.410 e. The molecule has 0 unspecified atom stereocenters. The Hall–Kier alpha value is -2.45. The summed E-state index contributed by atoms with van der Waals surface area (Å²) in [6.45, 7) is 2.03. The van der Waals surface area contributed by atoms with E-state index in [1.165, 1.54) is 16.9 Å². The van der Waals surface area contributed by atoms with E-state index in [2.05, 4.69) is 32.9 Å². The van der Waals surface area contributed by atoms with E-state index in [0.717, 1.165) is 19.5 Å². The van der Waals surface area contributed by atoms with Crippen LogP contribution in [-0.2, 0) is 11.3 Å². The maximum atomic E-state index is 11.9. The molecule has 0 aliphatic rings. The molecule has 1 heterocycles. The van der Waals surface area contributed by atoms with Crippen molar-refractivity contribution < 1.29 is 10.0 Å². The molecule has 0 fully saturated rings. The normalized spacial score (nSPS) is 11.4. The molecule has 0 saturated carbocycles. The Balaban J connectivity index is 1.66. The fourth-order valence-corrected chi connectivity index (χ4v) is 2.48. The number of carbonyl (C=O) groups is 1. The number of nitrogens with two attached hydrogens (primary N) is 1. The molecular formula is C15H19N5O2S. The molecule has 23 heavy (non-hydrogen) atoms. The van der Waals surface area contributed by atoms with E-state index in [4.69, 9.17) is 10.9 Å². The third kappa shape index (κ3) is 5.35. The van der Waals surface area contributed by atoms with Gasteiger partial charge in [0.2, 0.25) is 0 Å². The first-order chi connectivity index (χ1) is 11.2. The van der Waals surface area contributed by atoms with Crippen molar-refractivity contribution in [3.63, 3.8) is 0 Å².